The van der Waals surface area contributed by atoms with Crippen LogP contribution in [0.25, 0.3) is 11.1 Å². The Kier molecular flexibility index (Phi) is 11.1. The fourth-order valence-electron chi connectivity index (χ4n) is 5.63. The highest BCUT2D eigenvalue weighted by Crippen LogP contribution is 2.31. The highest BCUT2D eigenvalue weighted by Gasteiger charge is 2.24. The fourth-order valence-corrected chi connectivity index (χ4v) is 5.63. The Morgan fingerprint density at radius 1 is 0.930 bits per heavy atom. The van der Waals surface area contributed by atoms with Crippen molar-refractivity contribution in [1.82, 2.24) is 30.5 Å². The lowest BCUT2D eigenvalue weighted by molar-refractivity contribution is -0.121. The van der Waals surface area contributed by atoms with E-state index in [-0.39, 0.29) is 60.1 Å². The zero-order chi connectivity index (χ0) is 29.5. The third-order valence-corrected chi connectivity index (χ3v) is 8.09. The van der Waals surface area contributed by atoms with Gasteiger partial charge in [0.1, 0.15) is 5.75 Å². The molecule has 0 saturated heterocycles. The van der Waals surface area contributed by atoms with Crippen molar-refractivity contribution in [3.8, 4) is 16.9 Å². The van der Waals surface area contributed by atoms with Crippen LogP contribution in [0.5, 0.6) is 5.75 Å². The number of fused-ring (bicyclic) bond motifs is 5. The van der Waals surface area contributed by atoms with Gasteiger partial charge in [0.2, 0.25) is 5.91 Å². The molecule has 1 fully saturated rings. The minimum Gasteiger partial charge on any atom is -0.507 e. The van der Waals surface area contributed by atoms with E-state index in [0.29, 0.717) is 56.6 Å². The van der Waals surface area contributed by atoms with E-state index < -0.39 is 0 Å². The van der Waals surface area contributed by atoms with Crippen LogP contribution < -0.4 is 16.4 Å². The van der Waals surface area contributed by atoms with Crippen LogP contribution in [-0.2, 0) is 11.2 Å². The molecule has 1 saturated carbocycles. The van der Waals surface area contributed by atoms with E-state index in [4.69, 9.17) is 5.73 Å². The molecular formula is C31H40ClN7O4. The molecule has 1 aliphatic heterocycles. The van der Waals surface area contributed by atoms with Crippen molar-refractivity contribution in [2.45, 2.75) is 63.5 Å². The van der Waals surface area contributed by atoms with Gasteiger partial charge in [-0.1, -0.05) is 23.4 Å². The molecule has 11 nitrogen and oxygen atoms in total. The minimum atomic E-state index is -0.238. The molecule has 1 aromatic heterocycles. The zero-order valence-corrected chi connectivity index (χ0v) is 25.0. The van der Waals surface area contributed by atoms with Crippen molar-refractivity contribution in [3.05, 3.63) is 65.5 Å². The van der Waals surface area contributed by atoms with Gasteiger partial charge in [0.25, 0.3) is 11.8 Å². The number of aromatic hydroxyl groups is 1. The molecule has 0 spiro atoms. The lowest BCUT2D eigenvalue weighted by Gasteiger charge is -2.25. The number of rotatable bonds is 2. The van der Waals surface area contributed by atoms with E-state index in [1.807, 2.05) is 18.2 Å². The molecule has 3 amide bonds. The predicted octanol–water partition coefficient (Wildman–Crippen LogP) is 3.23. The molecule has 3 aromatic rings. The van der Waals surface area contributed by atoms with Crippen molar-refractivity contribution < 1.29 is 19.5 Å². The Hall–Kier alpha value is -3.96. The summed E-state index contributed by atoms with van der Waals surface area (Å²) in [6.45, 7) is 1.59. The summed E-state index contributed by atoms with van der Waals surface area (Å²) in [6.07, 6.45) is 7.27. The summed E-state index contributed by atoms with van der Waals surface area (Å²) >= 11 is 0. The second kappa shape index (κ2) is 15.0. The van der Waals surface area contributed by atoms with E-state index in [9.17, 15) is 19.5 Å². The van der Waals surface area contributed by atoms with Gasteiger partial charge in [0.05, 0.1) is 12.2 Å². The molecule has 230 valence electrons. The molecule has 2 heterocycles. The predicted molar refractivity (Wildman–Crippen MR) is 165 cm³/mol. The summed E-state index contributed by atoms with van der Waals surface area (Å²) < 4.78 is 1.78. The van der Waals surface area contributed by atoms with E-state index in [0.717, 1.165) is 36.8 Å². The first kappa shape index (κ1) is 32.0. The van der Waals surface area contributed by atoms with Crippen LogP contribution in [0.4, 0.5) is 0 Å². The van der Waals surface area contributed by atoms with Gasteiger partial charge >= 0.3 is 0 Å². The van der Waals surface area contributed by atoms with E-state index in [1.165, 1.54) is 0 Å². The number of hydrogen-bond donors (Lipinski definition) is 4. The van der Waals surface area contributed by atoms with Gasteiger partial charge in [-0.15, -0.1) is 17.5 Å². The van der Waals surface area contributed by atoms with Crippen LogP contribution in [0, 0.1) is 0 Å². The standard InChI is InChI=1S/C31H39N7O4.ClH/c32-24-8-10-25(11-9-24)38-20-27(35-36-38)31(42)37-16-2-6-29(40)33-15-13-21-7-12-28(39)26(18-21)22-4-1-5-23(19-22)30(41)34-14-3-17-37;/h1,4-5,7,12,18-20,24-25,39H,2-3,6,8-11,13-17,32H2,(H,33,40)(H,34,41);1H. The molecule has 43 heavy (non-hydrogen) atoms. The van der Waals surface area contributed by atoms with Crippen molar-refractivity contribution in [1.29, 1.82) is 0 Å². The molecular weight excluding hydrogens is 570 g/mol. The molecule has 0 atom stereocenters. The van der Waals surface area contributed by atoms with E-state index in [2.05, 4.69) is 20.9 Å². The quantitative estimate of drug-likeness (QED) is 0.348. The van der Waals surface area contributed by atoms with Crippen LogP contribution in [0.3, 0.4) is 0 Å². The molecule has 5 rings (SSSR count). The maximum absolute atomic E-state index is 13.5. The number of benzene rings is 2. The number of nitrogens with two attached hydrogens (primary N) is 1. The Balaban J connectivity index is 0.00000423. The first-order chi connectivity index (χ1) is 20.4. The number of phenolic OH excluding ortho intramolecular Hbond substituents is 1. The molecule has 0 unspecified atom stereocenters. The van der Waals surface area contributed by atoms with Crippen LogP contribution in [0.1, 0.15) is 77.4 Å². The molecule has 0 radical (unpaired) electrons. The van der Waals surface area contributed by atoms with Crippen molar-refractivity contribution in [3.63, 3.8) is 0 Å². The maximum Gasteiger partial charge on any atom is 0.276 e. The number of carbonyl (C=O) groups excluding carboxylic acids is 3. The van der Waals surface area contributed by atoms with Crippen LogP contribution >= 0.6 is 12.4 Å². The number of nitrogens with zero attached hydrogens (tertiary/aromatic N) is 4. The number of hydrogen-bond acceptors (Lipinski definition) is 7. The highest BCUT2D eigenvalue weighted by molar-refractivity contribution is 5.95. The summed E-state index contributed by atoms with van der Waals surface area (Å²) in [4.78, 5) is 40.7. The second-order valence-corrected chi connectivity index (χ2v) is 11.2. The number of nitrogens with one attached hydrogen (secondary N) is 2. The summed E-state index contributed by atoms with van der Waals surface area (Å²) in [7, 11) is 0. The number of amides is 3. The summed E-state index contributed by atoms with van der Waals surface area (Å²) in [5.41, 5.74) is 9.11. The monoisotopic (exact) mass is 609 g/mol. The number of aromatic nitrogens is 3. The normalized spacial score (nSPS) is 20.4. The van der Waals surface area contributed by atoms with Crippen LogP contribution in [0.2, 0.25) is 0 Å². The van der Waals surface area contributed by atoms with Crippen molar-refractivity contribution in [2.75, 3.05) is 26.2 Å². The molecule has 1 aliphatic carbocycles. The van der Waals surface area contributed by atoms with Crippen molar-refractivity contribution in [2.24, 2.45) is 5.73 Å². The van der Waals surface area contributed by atoms with Gasteiger partial charge in [0, 0.05) is 49.8 Å². The zero-order valence-electron chi connectivity index (χ0n) is 24.2. The van der Waals surface area contributed by atoms with Gasteiger partial charge in [-0.25, -0.2) is 4.68 Å². The number of halogens is 1. The van der Waals surface area contributed by atoms with Gasteiger partial charge < -0.3 is 26.4 Å². The second-order valence-electron chi connectivity index (χ2n) is 11.2. The molecule has 2 aliphatic rings. The third-order valence-electron chi connectivity index (χ3n) is 8.09. The Bertz CT molecular complexity index is 1420. The lowest BCUT2D eigenvalue weighted by Crippen LogP contribution is -2.36. The Labute approximate surface area is 257 Å². The summed E-state index contributed by atoms with van der Waals surface area (Å²) in [5.74, 6) is -0.425. The van der Waals surface area contributed by atoms with Crippen molar-refractivity contribution >= 4 is 30.1 Å². The Morgan fingerprint density at radius 2 is 1.70 bits per heavy atom. The topological polar surface area (TPSA) is 155 Å². The molecule has 4 bridgehead atoms. The van der Waals surface area contributed by atoms with Crippen LogP contribution in [0.15, 0.2) is 48.7 Å². The first-order valence-corrected chi connectivity index (χ1v) is 14.8. The van der Waals surface area contributed by atoms with Gasteiger partial charge in [-0.2, -0.15) is 0 Å². The first-order valence-electron chi connectivity index (χ1n) is 14.8. The van der Waals surface area contributed by atoms with Crippen LogP contribution in [-0.4, -0.2) is 74.9 Å². The average Bonchev–Trinajstić information content (AvgIpc) is 3.49. The molecule has 2 aromatic carbocycles. The van der Waals surface area contributed by atoms with Gasteiger partial charge in [-0.3, -0.25) is 14.4 Å². The van der Waals surface area contributed by atoms with Gasteiger partial charge in [0.15, 0.2) is 5.69 Å². The van der Waals surface area contributed by atoms with Gasteiger partial charge in [-0.05, 0) is 80.3 Å². The molecule has 12 heteroatoms. The SMILES string of the molecule is Cl.NC1CCC(n2cc(C(=O)N3CCCNC(=O)c4cccc(c4)-c4cc(ccc4O)CCNC(=O)CCC3)nn2)CC1. The summed E-state index contributed by atoms with van der Waals surface area (Å²) in [6, 6.07) is 12.9. The number of phenols is 1. The summed E-state index contributed by atoms with van der Waals surface area (Å²) in [5, 5.41) is 24.8. The smallest absolute Gasteiger partial charge is 0.276 e. The maximum atomic E-state index is 13.5. The Morgan fingerprint density at radius 3 is 2.51 bits per heavy atom. The fraction of sp³-hybridized carbons (Fsp3) is 0.452. The van der Waals surface area contributed by atoms with E-state index in [1.54, 1.807) is 40.0 Å². The minimum absolute atomic E-state index is 0. The lowest BCUT2D eigenvalue weighted by atomic mass is 9.92. The third kappa shape index (κ3) is 8.32. The molecule has 5 N–H and O–H groups in total. The number of carbonyl (C=O) groups is 3. The largest absolute Gasteiger partial charge is 0.507 e. The average molecular weight is 610 g/mol. The van der Waals surface area contributed by atoms with E-state index >= 15 is 0 Å². The highest BCUT2D eigenvalue weighted by atomic mass is 35.5.